The van der Waals surface area contributed by atoms with Crippen LogP contribution in [-0.2, 0) is 10.4 Å². The summed E-state index contributed by atoms with van der Waals surface area (Å²) in [6.07, 6.45) is 0. The van der Waals surface area contributed by atoms with Crippen LogP contribution >= 0.6 is 0 Å². The van der Waals surface area contributed by atoms with Crippen molar-refractivity contribution in [2.24, 2.45) is 0 Å². The zero-order valence-electron chi connectivity index (χ0n) is 20.7. The molecule has 0 saturated heterocycles. The number of carboxylic acids is 4. The Labute approximate surface area is 232 Å². The molecule has 12 nitrogen and oxygen atoms in total. The van der Waals surface area contributed by atoms with Crippen LogP contribution in [0.2, 0.25) is 0 Å². The number of carboxylic acid groups (broad SMARTS) is 4. The summed E-state index contributed by atoms with van der Waals surface area (Å²) < 4.78 is 33.3. The van der Waals surface area contributed by atoms with Crippen LogP contribution < -0.4 is 8.37 Å². The first kappa shape index (κ1) is 29.9. The lowest BCUT2D eigenvalue weighted by Crippen LogP contribution is -2.21. The second-order valence-electron chi connectivity index (χ2n) is 7.88. The minimum Gasteiger partial charge on any atom is -0.478 e. The smallest absolute Gasteiger partial charge is 0.478 e. The molecule has 0 amide bonds. The Morgan fingerprint density at radius 1 is 0.463 bits per heavy atom. The Morgan fingerprint density at radius 3 is 1.10 bits per heavy atom. The highest BCUT2D eigenvalue weighted by Crippen LogP contribution is 2.28. The number of carbonyl (C=O) groups is 4. The lowest BCUT2D eigenvalue weighted by atomic mass is 10.1. The molecule has 4 rings (SSSR count). The van der Waals surface area contributed by atoms with E-state index in [0.29, 0.717) is 0 Å². The number of hydrogen-bond acceptors (Lipinski definition) is 8. The molecule has 41 heavy (non-hydrogen) atoms. The van der Waals surface area contributed by atoms with E-state index in [-0.39, 0.29) is 0 Å². The molecule has 0 aliphatic rings. The number of hydrogen-bond donors (Lipinski definition) is 4. The van der Waals surface area contributed by atoms with Crippen molar-refractivity contribution in [3.05, 3.63) is 119 Å². The summed E-state index contributed by atoms with van der Waals surface area (Å²) in [6, 6.07) is 26.3. The summed E-state index contributed by atoms with van der Waals surface area (Å²) in [4.78, 5) is 44.9. The summed E-state index contributed by atoms with van der Waals surface area (Å²) in [5, 5.41) is 36.4. The molecule has 4 aromatic carbocycles. The molecule has 0 unspecified atom stereocenters. The first-order valence-corrected chi connectivity index (χ1v) is 12.7. The van der Waals surface area contributed by atoms with E-state index in [9.17, 15) is 37.8 Å². The van der Waals surface area contributed by atoms with Gasteiger partial charge >= 0.3 is 34.3 Å². The van der Waals surface area contributed by atoms with Crippen LogP contribution in [0.25, 0.3) is 11.1 Å². The van der Waals surface area contributed by atoms with Crippen LogP contribution in [0, 0.1) is 0 Å². The molecule has 0 aliphatic carbocycles. The summed E-state index contributed by atoms with van der Waals surface area (Å²) in [7, 11) is -5.20. The normalized spacial score (nSPS) is 10.4. The Hall–Kier alpha value is -5.69. The molecule has 0 spiro atoms. The summed E-state index contributed by atoms with van der Waals surface area (Å²) >= 11 is 0. The van der Waals surface area contributed by atoms with Gasteiger partial charge in [-0.15, -0.1) is 8.42 Å². The fourth-order valence-electron chi connectivity index (χ4n) is 3.50. The van der Waals surface area contributed by atoms with Gasteiger partial charge in [-0.25, -0.2) is 19.2 Å². The lowest BCUT2D eigenvalue weighted by Gasteiger charge is -2.13. The lowest BCUT2D eigenvalue weighted by molar-refractivity contribution is 0.0648. The van der Waals surface area contributed by atoms with Crippen molar-refractivity contribution in [3.63, 3.8) is 0 Å². The topological polar surface area (TPSA) is 202 Å². The first-order valence-electron chi connectivity index (χ1n) is 11.3. The van der Waals surface area contributed by atoms with E-state index >= 15 is 0 Å². The van der Waals surface area contributed by atoms with Crippen molar-refractivity contribution in [3.8, 4) is 22.6 Å². The van der Waals surface area contributed by atoms with Gasteiger partial charge in [-0.05, 0) is 35.4 Å². The maximum absolute atomic E-state index is 12.2. The van der Waals surface area contributed by atoms with Crippen LogP contribution in [0.15, 0.2) is 97.1 Å². The predicted molar refractivity (Wildman–Crippen MR) is 143 cm³/mol. The predicted octanol–water partition coefficient (Wildman–Crippen LogP) is 4.54. The molecule has 0 saturated carbocycles. The molecule has 0 bridgehead atoms. The Balaban J connectivity index is 0.000000317. The summed E-state index contributed by atoms with van der Waals surface area (Å²) in [5.41, 5.74) is -0.986. The van der Waals surface area contributed by atoms with Crippen LogP contribution in [0.3, 0.4) is 0 Å². The van der Waals surface area contributed by atoms with E-state index in [1.54, 1.807) is 0 Å². The number of aromatic carboxylic acids is 4. The van der Waals surface area contributed by atoms with Crippen LogP contribution in [-0.4, -0.2) is 52.7 Å². The van der Waals surface area contributed by atoms with E-state index in [1.165, 1.54) is 11.1 Å². The highest BCUT2D eigenvalue weighted by atomic mass is 32.3. The van der Waals surface area contributed by atoms with E-state index in [0.717, 1.165) is 36.4 Å². The van der Waals surface area contributed by atoms with Gasteiger partial charge in [0.05, 0.1) is 11.1 Å². The molecule has 0 aromatic heterocycles. The van der Waals surface area contributed by atoms with Crippen LogP contribution in [0.4, 0.5) is 0 Å². The van der Waals surface area contributed by atoms with Gasteiger partial charge < -0.3 is 28.8 Å². The molecule has 4 N–H and O–H groups in total. The zero-order chi connectivity index (χ0) is 30.2. The van der Waals surface area contributed by atoms with Gasteiger partial charge in [-0.2, -0.15) is 0 Å². The second-order valence-corrected chi connectivity index (χ2v) is 9.03. The highest BCUT2D eigenvalue weighted by Gasteiger charge is 2.29. The molecule has 0 aliphatic heterocycles. The number of benzene rings is 4. The quantitative estimate of drug-likeness (QED) is 0.216. The maximum Gasteiger partial charge on any atom is 0.501 e. The average Bonchev–Trinajstić information content (AvgIpc) is 2.93. The largest absolute Gasteiger partial charge is 0.501 e. The fourth-order valence-corrected chi connectivity index (χ4v) is 4.25. The molecule has 0 radical (unpaired) electrons. The SMILES string of the molecule is O=C(O)c1cccc(OS(=O)(=O)Oc2cccc(C(=O)O)c2C(=O)O)c1C(=O)O.c1ccc(-c2ccccc2)cc1. The van der Waals surface area contributed by atoms with Gasteiger partial charge in [0.25, 0.3) is 0 Å². The van der Waals surface area contributed by atoms with Crippen molar-refractivity contribution in [1.29, 1.82) is 0 Å². The van der Waals surface area contributed by atoms with Crippen molar-refractivity contribution in [2.45, 2.75) is 0 Å². The average molecular weight is 581 g/mol. The fraction of sp³-hybridized carbons (Fsp3) is 0. The third-order valence-electron chi connectivity index (χ3n) is 5.21. The molecule has 13 heteroatoms. The van der Waals surface area contributed by atoms with Gasteiger partial charge in [0, 0.05) is 0 Å². The third kappa shape index (κ3) is 7.68. The maximum atomic E-state index is 12.2. The minimum absolute atomic E-state index is 0.774. The molecular formula is C28H20O12S. The van der Waals surface area contributed by atoms with Gasteiger partial charge in [0.1, 0.15) is 11.1 Å². The number of rotatable bonds is 9. The van der Waals surface area contributed by atoms with E-state index in [1.807, 2.05) is 12.1 Å². The molecule has 4 aromatic rings. The summed E-state index contributed by atoms with van der Waals surface area (Å²) in [6.45, 7) is 0. The van der Waals surface area contributed by atoms with Crippen molar-refractivity contribution in [1.82, 2.24) is 0 Å². The molecule has 0 atom stereocenters. The summed E-state index contributed by atoms with van der Waals surface area (Å²) in [5.74, 6) is -8.80. The Morgan fingerprint density at radius 2 is 0.805 bits per heavy atom. The molecule has 0 heterocycles. The first-order chi connectivity index (χ1) is 19.4. The highest BCUT2D eigenvalue weighted by molar-refractivity contribution is 7.82. The van der Waals surface area contributed by atoms with E-state index in [4.69, 9.17) is 10.2 Å². The second kappa shape index (κ2) is 12.9. The molecular weight excluding hydrogens is 560 g/mol. The Bertz CT molecular complexity index is 1580. The monoisotopic (exact) mass is 580 g/mol. The van der Waals surface area contributed by atoms with Gasteiger partial charge in [0.15, 0.2) is 11.5 Å². The van der Waals surface area contributed by atoms with Crippen molar-refractivity contribution < 1.29 is 56.4 Å². The zero-order valence-corrected chi connectivity index (χ0v) is 21.5. The van der Waals surface area contributed by atoms with Crippen molar-refractivity contribution >= 4 is 34.3 Å². The van der Waals surface area contributed by atoms with Crippen molar-refractivity contribution in [2.75, 3.05) is 0 Å². The Kier molecular flexibility index (Phi) is 9.40. The molecule has 0 fully saturated rings. The van der Waals surface area contributed by atoms with Crippen LogP contribution in [0.1, 0.15) is 41.4 Å². The van der Waals surface area contributed by atoms with E-state index < -0.39 is 68.0 Å². The third-order valence-corrected chi connectivity index (χ3v) is 5.97. The standard InChI is InChI=1S/C16H10O12S.C12H10/c17-13(18)7-3-1-5-9(11(7)15(21)22)27-29(25,26)28-10-6-2-4-8(14(19)20)12(10)16(23)24;1-3-7-11(8-4-1)12-9-5-2-6-10-12/h1-6H,(H,17,18)(H,19,20)(H,21,22)(H,23,24);1-10H. The van der Waals surface area contributed by atoms with Crippen LogP contribution in [0.5, 0.6) is 11.5 Å². The van der Waals surface area contributed by atoms with E-state index in [2.05, 4.69) is 56.9 Å². The van der Waals surface area contributed by atoms with Gasteiger partial charge in [-0.3, -0.25) is 0 Å². The van der Waals surface area contributed by atoms with Gasteiger partial charge in [0.2, 0.25) is 0 Å². The molecule has 210 valence electrons. The minimum atomic E-state index is -5.20. The van der Waals surface area contributed by atoms with Gasteiger partial charge in [-0.1, -0.05) is 72.8 Å².